The predicted octanol–water partition coefficient (Wildman–Crippen LogP) is 16.1. The van der Waals surface area contributed by atoms with E-state index in [0.717, 1.165) is 27.7 Å². The first-order chi connectivity index (χ1) is 34.3. The van der Waals surface area contributed by atoms with Crippen molar-refractivity contribution in [3.63, 3.8) is 0 Å². The summed E-state index contributed by atoms with van der Waals surface area (Å²) in [7, 11) is -4.86. The quantitative estimate of drug-likeness (QED) is 0.164. The zero-order chi connectivity index (χ0) is 46.6. The molecule has 11 aromatic carbocycles. The van der Waals surface area contributed by atoms with Gasteiger partial charge in [-0.15, -0.1) is 0 Å². The van der Waals surface area contributed by atoms with E-state index < -0.39 is 16.1 Å². The lowest BCUT2D eigenvalue weighted by atomic mass is 9.88. The molecule has 2 aliphatic heterocycles. The summed E-state index contributed by atoms with van der Waals surface area (Å²) in [6, 6.07) is 76.2. The Hall–Kier alpha value is -8.03. The van der Waals surface area contributed by atoms with Gasteiger partial charge in [0.15, 0.2) is 0 Å². The smallest absolute Gasteiger partial charge is 0.143 e. The minimum atomic E-state index is -2.43. The van der Waals surface area contributed by atoms with Crippen molar-refractivity contribution < 1.29 is 8.83 Å². The first-order valence-corrected chi connectivity index (χ1v) is 30.6. The summed E-state index contributed by atoms with van der Waals surface area (Å²) in [5.41, 5.74) is 19.0. The molecule has 0 spiro atoms. The van der Waals surface area contributed by atoms with E-state index in [1.54, 1.807) is 10.4 Å². The minimum Gasteiger partial charge on any atom is -0.455 e. The SMILES string of the molecule is C[Si]1(C)c2cc(-c3ccc(-c4ccccc4)c4ccccc34)c3c(oc4ccccc43)c2-c2ccc3c(c21)[Si](C)(C)c1cc(-c2ccc(-c4ccccc4)c4ccccc24)c2oc4ccccc4c2c1-3. The highest BCUT2D eigenvalue weighted by Gasteiger charge is 2.50. The molecule has 0 aliphatic carbocycles. The third-order valence-electron chi connectivity index (χ3n) is 16.2. The van der Waals surface area contributed by atoms with Crippen LogP contribution in [0.5, 0.6) is 0 Å². The van der Waals surface area contributed by atoms with Crippen LogP contribution in [0.1, 0.15) is 0 Å². The Morgan fingerprint density at radius 3 is 1.20 bits per heavy atom. The minimum absolute atomic E-state index is 0.928. The molecule has 0 atom stereocenters. The van der Waals surface area contributed by atoms with E-state index in [9.17, 15) is 0 Å². The standard InChI is InChI=1S/C66H46O2Si2/c1-69(2)57-38-54(48-34-32-42(40-21-9-6-10-22-40)44-24-12-14-26-46(44)48)63-62(50-28-16-18-30-56(50)67-63)60(57)51-35-36-52-61-58(70(3,4)66(52)65(51)69)37-53(59-49-27-15-17-29-55(49)68-64(59)61)47-33-31-41(39-19-7-5-8-20-39)43-23-11-13-25-45(43)47/h5-38H,1-4H3. The van der Waals surface area contributed by atoms with Gasteiger partial charge in [-0.3, -0.25) is 0 Å². The Morgan fingerprint density at radius 2 is 0.657 bits per heavy atom. The molecule has 4 heterocycles. The molecule has 0 fully saturated rings. The lowest BCUT2D eigenvalue weighted by Gasteiger charge is -2.28. The van der Waals surface area contributed by atoms with Crippen molar-refractivity contribution in [2.75, 3.05) is 0 Å². The van der Waals surface area contributed by atoms with E-state index in [4.69, 9.17) is 8.83 Å². The normalized spacial score (nSPS) is 14.2. The zero-order valence-corrected chi connectivity index (χ0v) is 41.4. The maximum absolute atomic E-state index is 7.20. The van der Waals surface area contributed by atoms with E-state index in [0.29, 0.717) is 0 Å². The second-order valence-corrected chi connectivity index (χ2v) is 29.2. The van der Waals surface area contributed by atoms with Crippen molar-refractivity contribution in [2.24, 2.45) is 0 Å². The zero-order valence-electron chi connectivity index (χ0n) is 39.4. The van der Waals surface area contributed by atoms with Crippen molar-refractivity contribution in [1.29, 1.82) is 0 Å². The van der Waals surface area contributed by atoms with E-state index in [1.165, 1.54) is 115 Å². The molecule has 0 amide bonds. The van der Waals surface area contributed by atoms with Gasteiger partial charge in [0, 0.05) is 32.7 Å². The molecule has 2 nitrogen and oxygen atoms in total. The van der Waals surface area contributed by atoms with Crippen LogP contribution >= 0.6 is 0 Å². The van der Waals surface area contributed by atoms with E-state index in [-0.39, 0.29) is 0 Å². The van der Waals surface area contributed by atoms with Crippen LogP contribution in [0, 0.1) is 0 Å². The van der Waals surface area contributed by atoms with Gasteiger partial charge >= 0.3 is 0 Å². The fourth-order valence-corrected chi connectivity index (χ4v) is 21.6. The summed E-state index contributed by atoms with van der Waals surface area (Å²) < 4.78 is 14.3. The molecule has 2 aromatic heterocycles. The Morgan fingerprint density at radius 1 is 0.286 bits per heavy atom. The lowest BCUT2D eigenvalue weighted by molar-refractivity contribution is 0.670. The highest BCUT2D eigenvalue weighted by molar-refractivity contribution is 7.13. The van der Waals surface area contributed by atoms with Gasteiger partial charge in [0.1, 0.15) is 38.5 Å². The van der Waals surface area contributed by atoms with Gasteiger partial charge in [0.25, 0.3) is 0 Å². The van der Waals surface area contributed by atoms with E-state index >= 15 is 0 Å². The Bertz CT molecular complexity index is 4400. The first-order valence-electron chi connectivity index (χ1n) is 24.6. The monoisotopic (exact) mass is 926 g/mol. The summed E-state index contributed by atoms with van der Waals surface area (Å²) in [6.07, 6.45) is 0. The highest BCUT2D eigenvalue weighted by atomic mass is 28.3. The fourth-order valence-electron chi connectivity index (χ4n) is 13.1. The maximum Gasteiger partial charge on any atom is 0.143 e. The average Bonchev–Trinajstić information content (AvgIpc) is 4.11. The van der Waals surface area contributed by atoms with E-state index in [2.05, 4.69) is 232 Å². The van der Waals surface area contributed by atoms with Crippen molar-refractivity contribution in [2.45, 2.75) is 26.2 Å². The molecule has 13 aromatic rings. The molecule has 0 bridgehead atoms. The highest BCUT2D eigenvalue weighted by Crippen LogP contribution is 2.50. The molecule has 330 valence electrons. The molecular formula is C66H46O2Si2. The summed E-state index contributed by atoms with van der Waals surface area (Å²) in [5, 5.41) is 15.9. The van der Waals surface area contributed by atoms with Crippen LogP contribution in [0.3, 0.4) is 0 Å². The van der Waals surface area contributed by atoms with Gasteiger partial charge in [0.05, 0.1) is 0 Å². The van der Waals surface area contributed by atoms with Crippen LogP contribution < -0.4 is 20.7 Å². The summed E-state index contributed by atoms with van der Waals surface area (Å²) in [6.45, 7) is 10.4. The van der Waals surface area contributed by atoms with Crippen LogP contribution in [-0.2, 0) is 0 Å². The number of benzene rings is 11. The Kier molecular flexibility index (Phi) is 8.14. The molecule has 4 heteroatoms. The third kappa shape index (κ3) is 5.27. The molecular weight excluding hydrogens is 881 g/mol. The van der Waals surface area contributed by atoms with Crippen molar-refractivity contribution >= 4 is 102 Å². The number of rotatable bonds is 4. The number of fused-ring (bicyclic) bond motifs is 17. The van der Waals surface area contributed by atoms with Crippen molar-refractivity contribution in [1.82, 2.24) is 0 Å². The maximum atomic E-state index is 7.20. The average molecular weight is 927 g/mol. The topological polar surface area (TPSA) is 26.3 Å². The Labute approximate surface area is 408 Å². The summed E-state index contributed by atoms with van der Waals surface area (Å²) in [5.74, 6) is 0. The molecule has 70 heavy (non-hydrogen) atoms. The second-order valence-electron chi connectivity index (χ2n) is 20.6. The lowest BCUT2D eigenvalue weighted by Crippen LogP contribution is -2.63. The van der Waals surface area contributed by atoms with Crippen molar-refractivity contribution in [3.05, 3.63) is 206 Å². The van der Waals surface area contributed by atoms with Gasteiger partial charge in [0.2, 0.25) is 0 Å². The predicted molar refractivity (Wildman–Crippen MR) is 302 cm³/mol. The molecule has 2 aliphatic rings. The van der Waals surface area contributed by atoms with Crippen LogP contribution in [0.2, 0.25) is 26.2 Å². The van der Waals surface area contributed by atoms with Gasteiger partial charge in [-0.25, -0.2) is 0 Å². The van der Waals surface area contributed by atoms with Gasteiger partial charge in [-0.1, -0.05) is 220 Å². The number of hydrogen-bond acceptors (Lipinski definition) is 2. The largest absolute Gasteiger partial charge is 0.455 e. The molecule has 0 radical (unpaired) electrons. The molecule has 0 saturated carbocycles. The third-order valence-corrected chi connectivity index (χ3v) is 23.5. The van der Waals surface area contributed by atoms with Crippen LogP contribution in [0.4, 0.5) is 0 Å². The van der Waals surface area contributed by atoms with Crippen molar-refractivity contribution in [3.8, 4) is 66.8 Å². The molecule has 0 saturated heterocycles. The molecule has 0 N–H and O–H groups in total. The fraction of sp³-hybridized carbons (Fsp3) is 0.0606. The van der Waals surface area contributed by atoms with Gasteiger partial charge < -0.3 is 8.83 Å². The Balaban J connectivity index is 0.989. The van der Waals surface area contributed by atoms with Crippen LogP contribution in [0.15, 0.2) is 215 Å². The summed E-state index contributed by atoms with van der Waals surface area (Å²) >= 11 is 0. The number of furan rings is 2. The summed E-state index contributed by atoms with van der Waals surface area (Å²) in [4.78, 5) is 0. The van der Waals surface area contributed by atoms with E-state index in [1.807, 2.05) is 0 Å². The molecule has 15 rings (SSSR count). The van der Waals surface area contributed by atoms with Crippen LogP contribution in [-0.4, -0.2) is 16.1 Å². The second kappa shape index (κ2) is 14.3. The number of hydrogen-bond donors (Lipinski definition) is 0. The van der Waals surface area contributed by atoms with Gasteiger partial charge in [-0.05, 0) is 110 Å². The van der Waals surface area contributed by atoms with Crippen LogP contribution in [0.25, 0.3) is 132 Å². The molecule has 0 unspecified atom stereocenters. The van der Waals surface area contributed by atoms with Gasteiger partial charge in [-0.2, -0.15) is 0 Å². The first kappa shape index (κ1) is 39.9. The number of para-hydroxylation sites is 2.